The Kier molecular flexibility index (Phi) is 6.47. The van der Waals surface area contributed by atoms with Crippen LogP contribution in [0, 0.1) is 0 Å². The van der Waals surface area contributed by atoms with Crippen molar-refractivity contribution in [1.29, 1.82) is 0 Å². The summed E-state index contributed by atoms with van der Waals surface area (Å²) in [5.74, 6) is -0.930. The number of esters is 1. The molecule has 0 bridgehead atoms. The van der Waals surface area contributed by atoms with Gasteiger partial charge < -0.3 is 15.4 Å². The summed E-state index contributed by atoms with van der Waals surface area (Å²) in [6.45, 7) is 0. The van der Waals surface area contributed by atoms with E-state index in [2.05, 4.69) is 15.4 Å². The van der Waals surface area contributed by atoms with Crippen molar-refractivity contribution in [3.05, 3.63) is 41.1 Å². The maximum atomic E-state index is 12.5. The molecule has 2 rings (SSSR count). The van der Waals surface area contributed by atoms with Crippen LogP contribution in [0.5, 0.6) is 0 Å². The van der Waals surface area contributed by atoms with Gasteiger partial charge in [-0.05, 0) is 25.0 Å². The lowest BCUT2D eigenvalue weighted by atomic mass is 9.95. The lowest BCUT2D eigenvalue weighted by molar-refractivity contribution is -0.135. The minimum Gasteiger partial charge on any atom is -0.466 e. The number of para-hydroxylation sites is 1. The molecule has 1 aromatic rings. The Hall–Kier alpha value is -2.01. The van der Waals surface area contributed by atoms with Crippen LogP contribution in [-0.4, -0.2) is 25.0 Å². The van der Waals surface area contributed by atoms with Crippen LogP contribution < -0.4 is 10.6 Å². The molecular weight excluding hydrogens is 316 g/mol. The van der Waals surface area contributed by atoms with Gasteiger partial charge in [0.1, 0.15) is 5.70 Å². The first kappa shape index (κ1) is 17.3. The van der Waals surface area contributed by atoms with Crippen molar-refractivity contribution in [2.75, 3.05) is 12.4 Å². The molecule has 0 unspecified atom stereocenters. The van der Waals surface area contributed by atoms with Crippen molar-refractivity contribution in [2.24, 2.45) is 0 Å². The summed E-state index contributed by atoms with van der Waals surface area (Å²) in [5, 5.41) is 6.35. The minimum absolute atomic E-state index is 0.121. The van der Waals surface area contributed by atoms with E-state index in [0.29, 0.717) is 10.7 Å². The molecule has 5 nitrogen and oxygen atoms in total. The molecule has 6 heteroatoms. The normalized spacial score (nSPS) is 15.8. The number of methoxy groups -OCH3 is 1. The maximum Gasteiger partial charge on any atom is 0.332 e. The molecule has 0 saturated heterocycles. The number of rotatable bonds is 5. The van der Waals surface area contributed by atoms with Gasteiger partial charge in [0, 0.05) is 6.04 Å². The van der Waals surface area contributed by atoms with E-state index >= 15 is 0 Å². The summed E-state index contributed by atoms with van der Waals surface area (Å²) in [4.78, 5) is 24.0. The number of carbonyl (C=O) groups excluding carboxylic acids is 2. The number of halogens is 1. The molecule has 0 spiro atoms. The van der Waals surface area contributed by atoms with Crippen molar-refractivity contribution in [2.45, 2.75) is 38.1 Å². The van der Waals surface area contributed by atoms with Crippen LogP contribution in [0.4, 0.5) is 5.69 Å². The second-order valence-electron chi connectivity index (χ2n) is 5.49. The van der Waals surface area contributed by atoms with E-state index in [1.54, 1.807) is 24.3 Å². The van der Waals surface area contributed by atoms with Gasteiger partial charge in [0.25, 0.3) is 5.91 Å². The van der Waals surface area contributed by atoms with Crippen LogP contribution in [0.15, 0.2) is 36.0 Å². The lowest BCUT2D eigenvalue weighted by Crippen LogP contribution is -2.38. The number of ether oxygens (including phenoxy) is 1. The zero-order valence-corrected chi connectivity index (χ0v) is 13.9. The summed E-state index contributed by atoms with van der Waals surface area (Å²) < 4.78 is 4.62. The molecule has 1 fully saturated rings. The van der Waals surface area contributed by atoms with Crippen LogP contribution in [0.25, 0.3) is 0 Å². The largest absolute Gasteiger partial charge is 0.466 e. The first-order chi connectivity index (χ1) is 11.1. The maximum absolute atomic E-state index is 12.5. The van der Waals surface area contributed by atoms with Crippen LogP contribution in [0.2, 0.25) is 5.02 Å². The van der Waals surface area contributed by atoms with Gasteiger partial charge in [-0.25, -0.2) is 4.79 Å². The van der Waals surface area contributed by atoms with Crippen molar-refractivity contribution in [3.8, 4) is 0 Å². The highest BCUT2D eigenvalue weighted by Crippen LogP contribution is 2.23. The predicted molar refractivity (Wildman–Crippen MR) is 90.2 cm³/mol. The van der Waals surface area contributed by atoms with E-state index in [1.165, 1.54) is 13.5 Å². The van der Waals surface area contributed by atoms with E-state index in [1.807, 2.05) is 0 Å². The third-order valence-electron chi connectivity index (χ3n) is 3.79. The molecule has 1 aliphatic carbocycles. The molecule has 2 N–H and O–H groups in total. The number of anilines is 1. The Labute approximate surface area is 141 Å². The fraction of sp³-hybridized carbons (Fsp3) is 0.412. The quantitative estimate of drug-likeness (QED) is 0.639. The Morgan fingerprint density at radius 2 is 1.91 bits per heavy atom. The Morgan fingerprint density at radius 1 is 1.22 bits per heavy atom. The molecule has 0 radical (unpaired) electrons. The molecule has 124 valence electrons. The molecule has 0 atom stereocenters. The number of carbonyl (C=O) groups is 2. The van der Waals surface area contributed by atoms with E-state index < -0.39 is 5.97 Å². The standard InChI is InChI=1S/C17H21ClN2O3/c1-23-16(21)11-15(20-14-10-6-5-9-13(14)18)17(22)19-12-7-3-2-4-8-12/h5-6,9-12,20H,2-4,7-8H2,1H3,(H,19,22)/b15-11-. The molecule has 1 amide bonds. The Bertz CT molecular complexity index is 595. The van der Waals surface area contributed by atoms with E-state index in [4.69, 9.17) is 11.6 Å². The first-order valence-electron chi connectivity index (χ1n) is 7.72. The molecule has 0 aromatic heterocycles. The highest BCUT2D eigenvalue weighted by atomic mass is 35.5. The Morgan fingerprint density at radius 3 is 2.57 bits per heavy atom. The monoisotopic (exact) mass is 336 g/mol. The van der Waals surface area contributed by atoms with Crippen LogP contribution in [0.3, 0.4) is 0 Å². The second kappa shape index (κ2) is 8.58. The second-order valence-corrected chi connectivity index (χ2v) is 5.90. The van der Waals surface area contributed by atoms with Crippen molar-refractivity contribution in [3.63, 3.8) is 0 Å². The Balaban J connectivity index is 2.13. The number of amides is 1. The van der Waals surface area contributed by atoms with Crippen LogP contribution in [0.1, 0.15) is 32.1 Å². The highest BCUT2D eigenvalue weighted by molar-refractivity contribution is 6.33. The minimum atomic E-state index is -0.599. The smallest absolute Gasteiger partial charge is 0.332 e. The number of nitrogens with one attached hydrogen (secondary N) is 2. The fourth-order valence-corrected chi connectivity index (χ4v) is 2.74. The van der Waals surface area contributed by atoms with Gasteiger partial charge in [0.2, 0.25) is 0 Å². The van der Waals surface area contributed by atoms with Gasteiger partial charge in [0.15, 0.2) is 0 Å². The third kappa shape index (κ3) is 5.28. The molecular formula is C17H21ClN2O3. The summed E-state index contributed by atoms with van der Waals surface area (Å²) in [6, 6.07) is 7.17. The first-order valence-corrected chi connectivity index (χ1v) is 8.10. The van der Waals surface area contributed by atoms with E-state index in [9.17, 15) is 9.59 Å². The topological polar surface area (TPSA) is 67.4 Å². The van der Waals surface area contributed by atoms with Crippen molar-refractivity contribution in [1.82, 2.24) is 5.32 Å². The predicted octanol–water partition coefficient (Wildman–Crippen LogP) is 3.26. The number of benzene rings is 1. The summed E-state index contributed by atoms with van der Waals surface area (Å²) in [7, 11) is 1.27. The van der Waals surface area contributed by atoms with Crippen LogP contribution in [-0.2, 0) is 14.3 Å². The lowest BCUT2D eigenvalue weighted by Gasteiger charge is -2.23. The summed E-state index contributed by atoms with van der Waals surface area (Å²) in [5.41, 5.74) is 0.679. The van der Waals surface area contributed by atoms with Gasteiger partial charge in [-0.15, -0.1) is 0 Å². The number of hydrogen-bond donors (Lipinski definition) is 2. The zero-order valence-electron chi connectivity index (χ0n) is 13.1. The molecule has 23 heavy (non-hydrogen) atoms. The van der Waals surface area contributed by atoms with Crippen molar-refractivity contribution < 1.29 is 14.3 Å². The average molecular weight is 337 g/mol. The van der Waals surface area contributed by atoms with E-state index in [0.717, 1.165) is 31.8 Å². The van der Waals surface area contributed by atoms with Gasteiger partial charge >= 0.3 is 5.97 Å². The van der Waals surface area contributed by atoms with Gasteiger partial charge in [-0.2, -0.15) is 0 Å². The van der Waals surface area contributed by atoms with Crippen LogP contribution >= 0.6 is 11.6 Å². The highest BCUT2D eigenvalue weighted by Gasteiger charge is 2.19. The molecule has 1 aliphatic rings. The average Bonchev–Trinajstić information content (AvgIpc) is 2.56. The van der Waals surface area contributed by atoms with Gasteiger partial charge in [0.05, 0.1) is 23.9 Å². The SMILES string of the molecule is COC(=O)/C=C(\Nc1ccccc1Cl)C(=O)NC1CCCCC1. The van der Waals surface area contributed by atoms with E-state index in [-0.39, 0.29) is 17.6 Å². The zero-order chi connectivity index (χ0) is 16.7. The van der Waals surface area contributed by atoms with Gasteiger partial charge in [-0.3, -0.25) is 4.79 Å². The number of hydrogen-bond acceptors (Lipinski definition) is 4. The molecule has 0 heterocycles. The van der Waals surface area contributed by atoms with Gasteiger partial charge in [-0.1, -0.05) is 43.0 Å². The molecule has 0 aliphatic heterocycles. The van der Waals surface area contributed by atoms with Crippen molar-refractivity contribution >= 4 is 29.2 Å². The summed E-state index contributed by atoms with van der Waals surface area (Å²) >= 11 is 6.10. The molecule has 1 aromatic carbocycles. The summed E-state index contributed by atoms with van der Waals surface area (Å²) in [6.07, 6.45) is 6.49. The third-order valence-corrected chi connectivity index (χ3v) is 4.12. The fourth-order valence-electron chi connectivity index (χ4n) is 2.55. The molecule has 1 saturated carbocycles.